The van der Waals surface area contributed by atoms with E-state index in [1.165, 1.54) is 19.2 Å². The van der Waals surface area contributed by atoms with Crippen molar-refractivity contribution < 1.29 is 27.4 Å². The maximum atomic E-state index is 13.0. The van der Waals surface area contributed by atoms with Crippen molar-refractivity contribution in [1.82, 2.24) is 0 Å². The van der Waals surface area contributed by atoms with Gasteiger partial charge in [0.15, 0.2) is 15.8 Å². The average molecular weight is 451 g/mol. The average Bonchev–Trinajstić information content (AvgIpc) is 2.99. The van der Waals surface area contributed by atoms with Gasteiger partial charge in [-0.2, -0.15) is 13.2 Å². The molecule has 1 heterocycles. The van der Waals surface area contributed by atoms with Crippen LogP contribution in [-0.4, -0.2) is 23.9 Å². The van der Waals surface area contributed by atoms with Gasteiger partial charge < -0.3 is 9.47 Å². The monoisotopic (exact) mass is 451 g/mol. The van der Waals surface area contributed by atoms with Gasteiger partial charge in [0.25, 0.3) is 5.91 Å². The molecule has 0 atom stereocenters. The fourth-order valence-corrected chi connectivity index (χ4v) is 4.00. The van der Waals surface area contributed by atoms with Gasteiger partial charge in [-0.25, -0.2) is 0 Å². The van der Waals surface area contributed by atoms with Crippen LogP contribution in [0.1, 0.15) is 11.1 Å². The zero-order chi connectivity index (χ0) is 21.9. The molecule has 0 N–H and O–H groups in total. The summed E-state index contributed by atoms with van der Waals surface area (Å²) in [7, 11) is 1.49. The van der Waals surface area contributed by atoms with Crippen molar-refractivity contribution in [1.29, 1.82) is 0 Å². The molecule has 0 aromatic heterocycles. The van der Waals surface area contributed by atoms with Crippen LogP contribution >= 0.6 is 24.0 Å². The van der Waals surface area contributed by atoms with Gasteiger partial charge in [0.2, 0.25) is 0 Å². The van der Waals surface area contributed by atoms with Crippen LogP contribution in [0.15, 0.2) is 60.0 Å². The van der Waals surface area contributed by atoms with E-state index in [2.05, 4.69) is 6.58 Å². The zero-order valence-corrected chi connectivity index (χ0v) is 17.4. The van der Waals surface area contributed by atoms with E-state index in [0.717, 1.165) is 28.8 Å². The minimum atomic E-state index is -4.52. The number of carbonyl (C=O) groups is 1. The van der Waals surface area contributed by atoms with E-state index >= 15 is 0 Å². The number of hydrogen-bond donors (Lipinski definition) is 0. The highest BCUT2D eigenvalue weighted by Crippen LogP contribution is 2.39. The Morgan fingerprint density at radius 3 is 2.63 bits per heavy atom. The standard InChI is InChI=1S/C21H16F3NO3S2/c1-3-9-28-16-8-7-13(10-17(16)27-2)11-18-19(26)25(20(29)30-18)15-6-4-5-14(12-15)21(22,23)24/h3-8,10-12H,1,9H2,2H3. The highest BCUT2D eigenvalue weighted by molar-refractivity contribution is 8.27. The van der Waals surface area contributed by atoms with Crippen LogP contribution in [-0.2, 0) is 11.0 Å². The molecule has 1 aliphatic heterocycles. The first kappa shape index (κ1) is 21.9. The fraction of sp³-hybridized carbons (Fsp3) is 0.143. The predicted molar refractivity (Wildman–Crippen MR) is 116 cm³/mol. The van der Waals surface area contributed by atoms with E-state index in [1.54, 1.807) is 30.4 Å². The van der Waals surface area contributed by atoms with Gasteiger partial charge in [0, 0.05) is 0 Å². The van der Waals surface area contributed by atoms with Crippen LogP contribution in [0.4, 0.5) is 18.9 Å². The predicted octanol–water partition coefficient (Wildman–Crippen LogP) is 5.68. The third kappa shape index (κ3) is 4.68. The lowest BCUT2D eigenvalue weighted by Gasteiger charge is -2.16. The van der Waals surface area contributed by atoms with Gasteiger partial charge in [-0.3, -0.25) is 9.69 Å². The fourth-order valence-electron chi connectivity index (χ4n) is 2.70. The first-order valence-electron chi connectivity index (χ1n) is 8.61. The SMILES string of the molecule is C=CCOc1ccc(C=C2SC(=S)N(c3cccc(C(F)(F)F)c3)C2=O)cc1OC. The molecule has 2 aromatic carbocycles. The maximum absolute atomic E-state index is 13.0. The van der Waals surface area contributed by atoms with Crippen molar-refractivity contribution in [3.63, 3.8) is 0 Å². The van der Waals surface area contributed by atoms with E-state index in [0.29, 0.717) is 28.6 Å². The molecule has 0 unspecified atom stereocenters. The second-order valence-corrected chi connectivity index (χ2v) is 7.75. The normalized spacial score (nSPS) is 15.6. The van der Waals surface area contributed by atoms with Crippen molar-refractivity contribution >= 4 is 46.0 Å². The summed E-state index contributed by atoms with van der Waals surface area (Å²) in [4.78, 5) is 14.2. The molecule has 0 spiro atoms. The van der Waals surface area contributed by atoms with Crippen LogP contribution in [0.25, 0.3) is 6.08 Å². The van der Waals surface area contributed by atoms with Gasteiger partial charge >= 0.3 is 6.18 Å². The molecular weight excluding hydrogens is 435 g/mol. The number of hydrogen-bond acceptors (Lipinski definition) is 5. The minimum Gasteiger partial charge on any atom is -0.493 e. The third-order valence-electron chi connectivity index (χ3n) is 4.07. The number of thioether (sulfide) groups is 1. The van der Waals surface area contributed by atoms with E-state index < -0.39 is 17.6 Å². The highest BCUT2D eigenvalue weighted by atomic mass is 32.2. The van der Waals surface area contributed by atoms with Crippen LogP contribution < -0.4 is 14.4 Å². The van der Waals surface area contributed by atoms with Crippen LogP contribution in [0.3, 0.4) is 0 Å². The second kappa shape index (κ2) is 8.93. The van der Waals surface area contributed by atoms with E-state index in [4.69, 9.17) is 21.7 Å². The Kier molecular flexibility index (Phi) is 6.52. The van der Waals surface area contributed by atoms with Gasteiger partial charge in [0.05, 0.1) is 23.3 Å². The number of benzene rings is 2. The Morgan fingerprint density at radius 1 is 1.20 bits per heavy atom. The van der Waals surface area contributed by atoms with Gasteiger partial charge in [-0.05, 0) is 42.0 Å². The quantitative estimate of drug-likeness (QED) is 0.321. The van der Waals surface area contributed by atoms with Crippen molar-refractivity contribution in [2.24, 2.45) is 0 Å². The number of amides is 1. The summed E-state index contributed by atoms with van der Waals surface area (Å²) in [6.45, 7) is 3.90. The van der Waals surface area contributed by atoms with Crippen molar-refractivity contribution in [3.8, 4) is 11.5 Å². The summed E-state index contributed by atoms with van der Waals surface area (Å²) >= 11 is 6.26. The molecule has 1 aliphatic rings. The molecule has 3 rings (SSSR count). The Balaban J connectivity index is 1.89. The first-order chi connectivity index (χ1) is 14.2. The molecule has 1 saturated heterocycles. The van der Waals surface area contributed by atoms with E-state index in [1.807, 2.05) is 0 Å². The van der Waals surface area contributed by atoms with Gasteiger partial charge in [0.1, 0.15) is 6.61 Å². The smallest absolute Gasteiger partial charge is 0.416 e. The number of nitrogens with zero attached hydrogens (tertiary/aromatic N) is 1. The lowest BCUT2D eigenvalue weighted by molar-refractivity contribution is -0.137. The summed E-state index contributed by atoms with van der Waals surface area (Å²) in [6, 6.07) is 9.63. The van der Waals surface area contributed by atoms with E-state index in [-0.39, 0.29) is 10.0 Å². The topological polar surface area (TPSA) is 38.8 Å². The molecule has 0 bridgehead atoms. The molecule has 0 aliphatic carbocycles. The Morgan fingerprint density at radius 2 is 1.97 bits per heavy atom. The Labute approximate surface area is 181 Å². The maximum Gasteiger partial charge on any atom is 0.416 e. The van der Waals surface area contributed by atoms with Gasteiger partial charge in [-0.15, -0.1) is 0 Å². The molecule has 0 radical (unpaired) electrons. The van der Waals surface area contributed by atoms with Crippen LogP contribution in [0.2, 0.25) is 0 Å². The van der Waals surface area contributed by atoms with Crippen molar-refractivity contribution in [2.45, 2.75) is 6.18 Å². The zero-order valence-electron chi connectivity index (χ0n) is 15.7. The molecule has 1 fully saturated rings. The Bertz CT molecular complexity index is 1030. The summed E-state index contributed by atoms with van der Waals surface area (Å²) in [5.41, 5.74) is -0.123. The van der Waals surface area contributed by atoms with Crippen molar-refractivity contribution in [2.75, 3.05) is 18.6 Å². The molecule has 2 aromatic rings. The number of alkyl halides is 3. The molecule has 9 heteroatoms. The first-order valence-corrected chi connectivity index (χ1v) is 9.84. The molecule has 30 heavy (non-hydrogen) atoms. The van der Waals surface area contributed by atoms with E-state index in [9.17, 15) is 18.0 Å². The Hall–Kier alpha value is -2.78. The summed E-state index contributed by atoms with van der Waals surface area (Å²) in [5.74, 6) is 0.500. The number of anilines is 1. The lowest BCUT2D eigenvalue weighted by atomic mass is 10.1. The minimum absolute atomic E-state index is 0.0708. The molecule has 1 amide bonds. The largest absolute Gasteiger partial charge is 0.493 e. The summed E-state index contributed by atoms with van der Waals surface area (Å²) < 4.78 is 50.0. The molecule has 156 valence electrons. The van der Waals surface area contributed by atoms with Crippen LogP contribution in [0.5, 0.6) is 11.5 Å². The molecule has 0 saturated carbocycles. The van der Waals surface area contributed by atoms with Crippen molar-refractivity contribution in [3.05, 3.63) is 71.2 Å². The lowest BCUT2D eigenvalue weighted by Crippen LogP contribution is -2.27. The number of ether oxygens (including phenoxy) is 2. The third-order valence-corrected chi connectivity index (χ3v) is 5.37. The number of carbonyl (C=O) groups excluding carboxylic acids is 1. The van der Waals surface area contributed by atoms with Crippen LogP contribution in [0, 0.1) is 0 Å². The second-order valence-electron chi connectivity index (χ2n) is 6.08. The highest BCUT2D eigenvalue weighted by Gasteiger charge is 2.36. The number of rotatable bonds is 6. The summed E-state index contributed by atoms with van der Waals surface area (Å²) in [5, 5.41) is 0. The molecule has 4 nitrogen and oxygen atoms in total. The summed E-state index contributed by atoms with van der Waals surface area (Å²) in [6.07, 6.45) is -1.31. The number of methoxy groups -OCH3 is 1. The number of thiocarbonyl (C=S) groups is 1. The number of halogens is 3. The molecular formula is C21H16F3NO3S2. The van der Waals surface area contributed by atoms with Gasteiger partial charge in [-0.1, -0.05) is 48.8 Å².